The zero-order chi connectivity index (χ0) is 23.2. The summed E-state index contributed by atoms with van der Waals surface area (Å²) in [5.41, 5.74) is 3.41. The minimum Gasteiger partial charge on any atom is -0.497 e. The SMILES string of the molecule is CCCN(CC)C(=O)C1CCN(Cc2nc3ccccc3n2Cc2ccc(OC)cc2)CC1. The number of piperidine rings is 1. The fraction of sp³-hybridized carbons (Fsp3) is 0.481. The van der Waals surface area contributed by atoms with Crippen molar-refractivity contribution in [2.24, 2.45) is 5.92 Å². The monoisotopic (exact) mass is 448 g/mol. The molecule has 1 saturated heterocycles. The number of amides is 1. The van der Waals surface area contributed by atoms with E-state index in [4.69, 9.17) is 9.72 Å². The summed E-state index contributed by atoms with van der Waals surface area (Å²) in [5, 5.41) is 0. The Balaban J connectivity index is 1.46. The van der Waals surface area contributed by atoms with E-state index in [0.29, 0.717) is 5.91 Å². The smallest absolute Gasteiger partial charge is 0.225 e. The van der Waals surface area contributed by atoms with Crippen LogP contribution in [-0.2, 0) is 17.9 Å². The quantitative estimate of drug-likeness (QED) is 0.481. The van der Waals surface area contributed by atoms with Gasteiger partial charge in [0, 0.05) is 25.6 Å². The van der Waals surface area contributed by atoms with E-state index in [1.54, 1.807) is 7.11 Å². The molecule has 1 aliphatic rings. The summed E-state index contributed by atoms with van der Waals surface area (Å²) in [5.74, 6) is 2.45. The third kappa shape index (κ3) is 5.38. The van der Waals surface area contributed by atoms with Gasteiger partial charge in [-0.05, 0) is 69.1 Å². The van der Waals surface area contributed by atoms with Gasteiger partial charge in [-0.3, -0.25) is 9.69 Å². The Morgan fingerprint density at radius 1 is 1.06 bits per heavy atom. The maximum Gasteiger partial charge on any atom is 0.225 e. The summed E-state index contributed by atoms with van der Waals surface area (Å²) >= 11 is 0. The number of fused-ring (bicyclic) bond motifs is 1. The van der Waals surface area contributed by atoms with Crippen LogP contribution in [0.2, 0.25) is 0 Å². The van der Waals surface area contributed by atoms with Crippen LogP contribution in [0.5, 0.6) is 5.75 Å². The van der Waals surface area contributed by atoms with Gasteiger partial charge in [-0.1, -0.05) is 31.2 Å². The average Bonchev–Trinajstić information content (AvgIpc) is 3.19. The number of hydrogen-bond acceptors (Lipinski definition) is 4. The van der Waals surface area contributed by atoms with Gasteiger partial charge in [0.05, 0.1) is 24.7 Å². The second kappa shape index (κ2) is 10.8. The molecule has 2 heterocycles. The summed E-state index contributed by atoms with van der Waals surface area (Å²) < 4.78 is 7.63. The van der Waals surface area contributed by atoms with Crippen molar-refractivity contribution in [2.75, 3.05) is 33.3 Å². The maximum atomic E-state index is 12.9. The van der Waals surface area contributed by atoms with E-state index in [0.717, 1.165) is 81.1 Å². The first-order valence-corrected chi connectivity index (χ1v) is 12.2. The predicted octanol–water partition coefficient (Wildman–Crippen LogP) is 4.56. The lowest BCUT2D eigenvalue weighted by atomic mass is 9.95. The molecule has 0 radical (unpaired) electrons. The number of aromatic nitrogens is 2. The van der Waals surface area contributed by atoms with Gasteiger partial charge in [-0.15, -0.1) is 0 Å². The number of methoxy groups -OCH3 is 1. The van der Waals surface area contributed by atoms with Crippen LogP contribution in [-0.4, -0.2) is 58.5 Å². The fourth-order valence-corrected chi connectivity index (χ4v) is 4.83. The molecule has 0 atom stereocenters. The number of rotatable bonds is 9. The molecule has 1 fully saturated rings. The van der Waals surface area contributed by atoms with Crippen molar-refractivity contribution in [2.45, 2.75) is 46.2 Å². The van der Waals surface area contributed by atoms with Gasteiger partial charge in [0.15, 0.2) is 0 Å². The van der Waals surface area contributed by atoms with Crippen LogP contribution in [0, 0.1) is 5.92 Å². The third-order valence-corrected chi connectivity index (χ3v) is 6.72. The first-order valence-electron chi connectivity index (χ1n) is 12.2. The second-order valence-corrected chi connectivity index (χ2v) is 8.92. The average molecular weight is 449 g/mol. The Morgan fingerprint density at radius 2 is 1.79 bits per heavy atom. The topological polar surface area (TPSA) is 50.6 Å². The van der Waals surface area contributed by atoms with Crippen molar-refractivity contribution in [3.63, 3.8) is 0 Å². The van der Waals surface area contributed by atoms with Gasteiger partial charge in [0.1, 0.15) is 11.6 Å². The molecule has 0 bridgehead atoms. The number of carbonyl (C=O) groups excluding carboxylic acids is 1. The summed E-state index contributed by atoms with van der Waals surface area (Å²) in [6, 6.07) is 16.6. The number of para-hydroxylation sites is 2. The molecule has 6 nitrogen and oxygen atoms in total. The standard InChI is InChI=1S/C27H36N4O2/c1-4-16-30(5-2)27(32)22-14-17-29(18-15-22)20-26-28-24-8-6-7-9-25(24)31(26)19-21-10-12-23(33-3)13-11-21/h6-13,22H,4-5,14-20H2,1-3H3. The number of nitrogens with zero attached hydrogens (tertiary/aromatic N) is 4. The molecule has 0 saturated carbocycles. The largest absolute Gasteiger partial charge is 0.497 e. The van der Waals surface area contributed by atoms with Crippen molar-refractivity contribution in [3.05, 3.63) is 59.9 Å². The number of likely N-dealkylation sites (tertiary alicyclic amines) is 1. The molecular formula is C27H36N4O2. The Labute approximate surface area is 197 Å². The van der Waals surface area contributed by atoms with Crippen LogP contribution in [0.25, 0.3) is 11.0 Å². The van der Waals surface area contributed by atoms with Crippen molar-refractivity contribution < 1.29 is 9.53 Å². The maximum absolute atomic E-state index is 12.9. The number of carbonyl (C=O) groups is 1. The molecule has 0 N–H and O–H groups in total. The molecule has 1 amide bonds. The van der Waals surface area contributed by atoms with Crippen LogP contribution in [0.15, 0.2) is 48.5 Å². The Morgan fingerprint density at radius 3 is 2.45 bits per heavy atom. The van der Waals surface area contributed by atoms with E-state index in [2.05, 4.69) is 53.6 Å². The van der Waals surface area contributed by atoms with Crippen molar-refractivity contribution in [1.29, 1.82) is 0 Å². The zero-order valence-corrected chi connectivity index (χ0v) is 20.2. The van der Waals surface area contributed by atoms with Crippen LogP contribution >= 0.6 is 0 Å². The van der Waals surface area contributed by atoms with Crippen LogP contribution in [0.4, 0.5) is 0 Å². The lowest BCUT2D eigenvalue weighted by Crippen LogP contribution is -2.42. The van der Waals surface area contributed by atoms with Gasteiger partial charge in [-0.25, -0.2) is 4.98 Å². The van der Waals surface area contributed by atoms with Crippen molar-refractivity contribution in [1.82, 2.24) is 19.4 Å². The highest BCUT2D eigenvalue weighted by Crippen LogP contribution is 2.24. The van der Waals surface area contributed by atoms with E-state index < -0.39 is 0 Å². The molecule has 2 aromatic carbocycles. The van der Waals surface area contributed by atoms with E-state index in [1.165, 1.54) is 5.56 Å². The lowest BCUT2D eigenvalue weighted by molar-refractivity contribution is -0.137. The normalized spacial score (nSPS) is 15.1. The highest BCUT2D eigenvalue weighted by molar-refractivity contribution is 5.79. The van der Waals surface area contributed by atoms with E-state index in [1.807, 2.05) is 23.1 Å². The van der Waals surface area contributed by atoms with Gasteiger partial charge >= 0.3 is 0 Å². The van der Waals surface area contributed by atoms with E-state index in [-0.39, 0.29) is 5.92 Å². The molecule has 1 aromatic heterocycles. The van der Waals surface area contributed by atoms with Crippen molar-refractivity contribution in [3.8, 4) is 5.75 Å². The summed E-state index contributed by atoms with van der Waals surface area (Å²) in [4.78, 5) is 22.3. The summed E-state index contributed by atoms with van der Waals surface area (Å²) in [6.07, 6.45) is 2.87. The Kier molecular flexibility index (Phi) is 7.65. The van der Waals surface area contributed by atoms with Crippen LogP contribution < -0.4 is 4.74 Å². The fourth-order valence-electron chi connectivity index (χ4n) is 4.83. The van der Waals surface area contributed by atoms with Crippen molar-refractivity contribution >= 4 is 16.9 Å². The van der Waals surface area contributed by atoms with Crippen LogP contribution in [0.3, 0.4) is 0 Å². The summed E-state index contributed by atoms with van der Waals surface area (Å²) in [6.45, 7) is 9.34. The first-order chi connectivity index (χ1) is 16.1. The van der Waals surface area contributed by atoms with Gasteiger partial charge in [-0.2, -0.15) is 0 Å². The molecule has 0 unspecified atom stereocenters. The minimum atomic E-state index is 0.158. The number of benzene rings is 2. The van der Waals surface area contributed by atoms with Crippen LogP contribution in [0.1, 0.15) is 44.5 Å². The molecule has 33 heavy (non-hydrogen) atoms. The third-order valence-electron chi connectivity index (χ3n) is 6.72. The summed E-state index contributed by atoms with van der Waals surface area (Å²) in [7, 11) is 1.69. The highest BCUT2D eigenvalue weighted by Gasteiger charge is 2.28. The zero-order valence-electron chi connectivity index (χ0n) is 20.2. The molecule has 6 heteroatoms. The second-order valence-electron chi connectivity index (χ2n) is 8.92. The van der Waals surface area contributed by atoms with E-state index in [9.17, 15) is 4.79 Å². The van der Waals surface area contributed by atoms with Gasteiger partial charge in [0.2, 0.25) is 5.91 Å². The van der Waals surface area contributed by atoms with Gasteiger partial charge < -0.3 is 14.2 Å². The molecule has 1 aliphatic heterocycles. The molecule has 4 rings (SSSR count). The minimum absolute atomic E-state index is 0.158. The Bertz CT molecular complexity index is 1050. The number of ether oxygens (including phenoxy) is 1. The molecule has 0 aliphatic carbocycles. The first kappa shape index (κ1) is 23.3. The molecular weight excluding hydrogens is 412 g/mol. The highest BCUT2D eigenvalue weighted by atomic mass is 16.5. The Hall–Kier alpha value is -2.86. The van der Waals surface area contributed by atoms with E-state index >= 15 is 0 Å². The molecule has 0 spiro atoms. The number of imidazole rings is 1. The van der Waals surface area contributed by atoms with Gasteiger partial charge in [0.25, 0.3) is 0 Å². The molecule has 3 aromatic rings. The lowest BCUT2D eigenvalue weighted by Gasteiger charge is -2.33. The number of hydrogen-bond donors (Lipinski definition) is 0. The molecule has 176 valence electrons. The predicted molar refractivity (Wildman–Crippen MR) is 132 cm³/mol.